The van der Waals surface area contributed by atoms with Crippen molar-refractivity contribution in [3.63, 3.8) is 0 Å². The van der Waals surface area contributed by atoms with Crippen LogP contribution in [0.5, 0.6) is 0 Å². The van der Waals surface area contributed by atoms with E-state index >= 15 is 0 Å². The zero-order chi connectivity index (χ0) is 18.9. The molecule has 0 radical (unpaired) electrons. The lowest BCUT2D eigenvalue weighted by Crippen LogP contribution is -2.54. The lowest BCUT2D eigenvalue weighted by Gasteiger charge is -2.53. The molecule has 0 bridgehead atoms. The highest BCUT2D eigenvalue weighted by Crippen LogP contribution is 2.51. The second-order valence-corrected chi connectivity index (χ2v) is 9.35. The van der Waals surface area contributed by atoms with Crippen LogP contribution in [0.4, 0.5) is 0 Å². The van der Waals surface area contributed by atoms with Gasteiger partial charge < -0.3 is 15.3 Å². The van der Waals surface area contributed by atoms with Crippen LogP contribution in [-0.2, 0) is 0 Å². The Labute approximate surface area is 164 Å². The van der Waals surface area contributed by atoms with Gasteiger partial charge in [-0.25, -0.2) is 0 Å². The number of rotatable bonds is 7. The molecule has 4 rings (SSSR count). The number of β-amino-alcohol motifs (C(OH)–C–C–N with tert-alkyl or cyclic N) is 1. The fraction of sp³-hybridized carbons (Fsp3) is 0.667. The summed E-state index contributed by atoms with van der Waals surface area (Å²) < 4.78 is 0. The molecule has 1 aromatic carbocycles. The van der Waals surface area contributed by atoms with Crippen molar-refractivity contribution in [2.24, 2.45) is 11.3 Å². The van der Waals surface area contributed by atoms with E-state index in [1.807, 2.05) is 6.92 Å². The van der Waals surface area contributed by atoms with E-state index < -0.39 is 0 Å². The molecule has 1 unspecified atom stereocenters. The largest absolute Gasteiger partial charge is 0.392 e. The predicted molar refractivity (Wildman–Crippen MR) is 113 cm³/mol. The molecule has 0 amide bonds. The zero-order valence-electron chi connectivity index (χ0n) is 17.0. The first-order valence-electron chi connectivity index (χ1n) is 11.0. The molecule has 3 aliphatic rings. The van der Waals surface area contributed by atoms with Crippen molar-refractivity contribution in [2.45, 2.75) is 70.6 Å². The van der Waals surface area contributed by atoms with Gasteiger partial charge in [0.2, 0.25) is 0 Å². The molecule has 3 nitrogen and oxygen atoms in total. The SMILES string of the molecule is CC/C(=C\c1ccccc1)[C@H]1C[C@@H]1NC1CC2(CCN(CC(C)O)CC2)C1. The van der Waals surface area contributed by atoms with Gasteiger partial charge in [0.1, 0.15) is 0 Å². The Bertz CT molecular complexity index is 638. The first-order valence-corrected chi connectivity index (χ1v) is 11.0. The van der Waals surface area contributed by atoms with Gasteiger partial charge in [0.15, 0.2) is 0 Å². The van der Waals surface area contributed by atoms with Crippen LogP contribution in [-0.4, -0.2) is 47.8 Å². The first-order chi connectivity index (χ1) is 13.1. The molecule has 27 heavy (non-hydrogen) atoms. The molecule has 2 N–H and O–H groups in total. The summed E-state index contributed by atoms with van der Waals surface area (Å²) in [6, 6.07) is 12.2. The molecule has 3 heteroatoms. The molecule has 1 heterocycles. The fourth-order valence-corrected chi connectivity index (χ4v) is 5.42. The molecule has 148 valence electrons. The second-order valence-electron chi connectivity index (χ2n) is 9.35. The Morgan fingerprint density at radius 1 is 1.26 bits per heavy atom. The Morgan fingerprint density at radius 3 is 2.59 bits per heavy atom. The van der Waals surface area contributed by atoms with Crippen molar-refractivity contribution >= 4 is 6.08 Å². The Kier molecular flexibility index (Phi) is 5.73. The monoisotopic (exact) mass is 368 g/mol. The average molecular weight is 369 g/mol. The molecule has 3 atom stereocenters. The summed E-state index contributed by atoms with van der Waals surface area (Å²) in [5.74, 6) is 0.750. The van der Waals surface area contributed by atoms with Crippen LogP contribution < -0.4 is 5.32 Å². The van der Waals surface area contributed by atoms with Crippen molar-refractivity contribution in [3.8, 4) is 0 Å². The first kappa shape index (κ1) is 19.2. The minimum atomic E-state index is -0.196. The van der Waals surface area contributed by atoms with E-state index in [1.165, 1.54) is 50.8 Å². The number of likely N-dealkylation sites (tertiary alicyclic amines) is 1. The highest BCUT2D eigenvalue weighted by Gasteiger charge is 2.49. The third-order valence-electron chi connectivity index (χ3n) is 7.07. The number of hydrogen-bond acceptors (Lipinski definition) is 3. The maximum atomic E-state index is 9.58. The summed E-state index contributed by atoms with van der Waals surface area (Å²) in [6.07, 6.45) is 10.1. The molecule has 0 aromatic heterocycles. The molecule has 2 aliphatic carbocycles. The molecule has 1 aliphatic heterocycles. The lowest BCUT2D eigenvalue weighted by molar-refractivity contribution is -0.00555. The van der Waals surface area contributed by atoms with Gasteiger partial charge >= 0.3 is 0 Å². The summed E-state index contributed by atoms with van der Waals surface area (Å²) in [5, 5.41) is 13.5. The lowest BCUT2D eigenvalue weighted by atomic mass is 9.60. The average Bonchev–Trinajstić information content (AvgIpc) is 3.39. The minimum absolute atomic E-state index is 0.196. The number of hydrogen-bond donors (Lipinski definition) is 2. The fourth-order valence-electron chi connectivity index (χ4n) is 5.42. The summed E-state index contributed by atoms with van der Waals surface area (Å²) >= 11 is 0. The molecule has 3 fully saturated rings. The van der Waals surface area contributed by atoms with E-state index in [9.17, 15) is 5.11 Å². The number of aliphatic hydroxyl groups is 1. The van der Waals surface area contributed by atoms with Gasteiger partial charge in [-0.15, -0.1) is 0 Å². The van der Waals surface area contributed by atoms with Crippen LogP contribution in [0.3, 0.4) is 0 Å². The van der Waals surface area contributed by atoms with Gasteiger partial charge in [-0.3, -0.25) is 0 Å². The van der Waals surface area contributed by atoms with Gasteiger partial charge in [0.05, 0.1) is 6.10 Å². The van der Waals surface area contributed by atoms with Crippen LogP contribution in [0.15, 0.2) is 35.9 Å². The quantitative estimate of drug-likeness (QED) is 0.761. The second kappa shape index (κ2) is 8.06. The Morgan fingerprint density at radius 2 is 1.96 bits per heavy atom. The number of benzene rings is 1. The Balaban J connectivity index is 1.22. The molecular formula is C24H36N2O. The number of nitrogens with one attached hydrogen (secondary N) is 1. The third kappa shape index (κ3) is 4.64. The van der Waals surface area contributed by atoms with Crippen LogP contribution in [0, 0.1) is 11.3 Å². The van der Waals surface area contributed by atoms with E-state index in [1.54, 1.807) is 5.57 Å². The van der Waals surface area contributed by atoms with Crippen LogP contribution in [0.25, 0.3) is 6.08 Å². The topological polar surface area (TPSA) is 35.5 Å². The van der Waals surface area contributed by atoms with Crippen LogP contribution >= 0.6 is 0 Å². The number of aliphatic hydroxyl groups excluding tert-OH is 1. The normalized spacial score (nSPS) is 29.5. The van der Waals surface area contributed by atoms with Crippen molar-refractivity contribution in [1.82, 2.24) is 10.2 Å². The van der Waals surface area contributed by atoms with Gasteiger partial charge in [0.25, 0.3) is 0 Å². The van der Waals surface area contributed by atoms with Crippen molar-refractivity contribution < 1.29 is 5.11 Å². The molecule has 1 saturated heterocycles. The van der Waals surface area contributed by atoms with E-state index in [-0.39, 0.29) is 6.10 Å². The highest BCUT2D eigenvalue weighted by molar-refractivity contribution is 5.54. The summed E-state index contributed by atoms with van der Waals surface area (Å²) in [4.78, 5) is 2.44. The summed E-state index contributed by atoms with van der Waals surface area (Å²) in [6.45, 7) is 7.38. The van der Waals surface area contributed by atoms with E-state index in [0.29, 0.717) is 11.5 Å². The van der Waals surface area contributed by atoms with Crippen molar-refractivity contribution in [3.05, 3.63) is 41.5 Å². The number of piperidine rings is 1. The third-order valence-corrected chi connectivity index (χ3v) is 7.07. The van der Waals surface area contributed by atoms with Gasteiger partial charge in [-0.1, -0.05) is 48.9 Å². The van der Waals surface area contributed by atoms with E-state index in [0.717, 1.165) is 24.9 Å². The summed E-state index contributed by atoms with van der Waals surface area (Å²) in [5.41, 5.74) is 3.55. The van der Waals surface area contributed by atoms with Crippen LogP contribution in [0.1, 0.15) is 57.9 Å². The maximum Gasteiger partial charge on any atom is 0.0639 e. The zero-order valence-corrected chi connectivity index (χ0v) is 17.0. The number of nitrogens with zero attached hydrogens (tertiary/aromatic N) is 1. The summed E-state index contributed by atoms with van der Waals surface area (Å²) in [7, 11) is 0. The highest BCUT2D eigenvalue weighted by atomic mass is 16.3. The molecule has 1 aromatic rings. The smallest absolute Gasteiger partial charge is 0.0639 e. The van der Waals surface area contributed by atoms with Gasteiger partial charge in [-0.05, 0) is 75.4 Å². The predicted octanol–water partition coefficient (Wildman–Crippen LogP) is 4.08. The molecule has 1 spiro atoms. The van der Waals surface area contributed by atoms with Crippen molar-refractivity contribution in [2.75, 3.05) is 19.6 Å². The maximum absolute atomic E-state index is 9.58. The molecular weight excluding hydrogens is 332 g/mol. The standard InChI is InChI=1S/C24H36N2O/c1-3-20(13-19-7-5-4-6-8-19)22-14-23(22)25-21-15-24(16-21)9-11-26(12-10-24)17-18(2)27/h4-8,13,18,21-23,25,27H,3,9-12,14-17H2,1-2H3/b20-13+/t18?,22-,23+/m1/s1. The van der Waals surface area contributed by atoms with Gasteiger partial charge in [0, 0.05) is 18.6 Å². The van der Waals surface area contributed by atoms with Crippen molar-refractivity contribution in [1.29, 1.82) is 0 Å². The van der Waals surface area contributed by atoms with Crippen LogP contribution in [0.2, 0.25) is 0 Å². The minimum Gasteiger partial charge on any atom is -0.392 e. The van der Waals surface area contributed by atoms with E-state index in [4.69, 9.17) is 0 Å². The van der Waals surface area contributed by atoms with Gasteiger partial charge in [-0.2, -0.15) is 0 Å². The Hall–Kier alpha value is -1.16. The van der Waals surface area contributed by atoms with E-state index in [2.05, 4.69) is 53.5 Å². The molecule has 2 saturated carbocycles.